The maximum atomic E-state index is 5.47. The molecule has 2 rings (SSSR count). The van der Waals surface area contributed by atoms with Gasteiger partial charge in [-0.05, 0) is 12.8 Å². The molecule has 1 heterocycles. The molecule has 0 radical (unpaired) electrons. The lowest BCUT2D eigenvalue weighted by Crippen LogP contribution is -1.93. The van der Waals surface area contributed by atoms with Gasteiger partial charge < -0.3 is 5.73 Å². The molecule has 52 valence electrons. The van der Waals surface area contributed by atoms with E-state index in [-0.39, 0.29) is 0 Å². The van der Waals surface area contributed by atoms with Gasteiger partial charge in [-0.1, -0.05) is 0 Å². The van der Waals surface area contributed by atoms with E-state index in [0.717, 1.165) is 5.69 Å². The zero-order valence-electron chi connectivity index (χ0n) is 5.62. The molecular weight excluding hydrogens is 126 g/mol. The largest absolute Gasteiger partial charge is 0.384 e. The van der Waals surface area contributed by atoms with Crippen LogP contribution < -0.4 is 5.73 Å². The predicted molar refractivity (Wildman–Crippen MR) is 38.4 cm³/mol. The first-order chi connectivity index (χ1) is 4.86. The molecule has 0 atom stereocenters. The van der Waals surface area contributed by atoms with Gasteiger partial charge in [0.2, 0.25) is 0 Å². The van der Waals surface area contributed by atoms with E-state index in [4.69, 9.17) is 5.73 Å². The third-order valence-corrected chi connectivity index (χ3v) is 1.71. The van der Waals surface area contributed by atoms with Crippen LogP contribution in [0, 0.1) is 0 Å². The van der Waals surface area contributed by atoms with Gasteiger partial charge in [0.1, 0.15) is 12.1 Å². The summed E-state index contributed by atoms with van der Waals surface area (Å²) in [4.78, 5) is 7.93. The first kappa shape index (κ1) is 5.65. The first-order valence-corrected chi connectivity index (χ1v) is 3.43. The van der Waals surface area contributed by atoms with E-state index in [9.17, 15) is 0 Å². The number of nitrogens with two attached hydrogens (primary N) is 1. The summed E-state index contributed by atoms with van der Waals surface area (Å²) in [5, 5.41) is 0. The molecule has 0 saturated heterocycles. The smallest absolute Gasteiger partial charge is 0.127 e. The van der Waals surface area contributed by atoms with E-state index in [2.05, 4.69) is 9.97 Å². The van der Waals surface area contributed by atoms with Crippen molar-refractivity contribution in [3.8, 4) is 0 Å². The molecule has 1 aromatic heterocycles. The van der Waals surface area contributed by atoms with Crippen molar-refractivity contribution in [1.82, 2.24) is 9.97 Å². The fourth-order valence-corrected chi connectivity index (χ4v) is 0.991. The number of anilines is 1. The Kier molecular flexibility index (Phi) is 1.09. The van der Waals surface area contributed by atoms with Crippen molar-refractivity contribution in [3.05, 3.63) is 18.1 Å². The maximum Gasteiger partial charge on any atom is 0.127 e. The lowest BCUT2D eigenvalue weighted by Gasteiger charge is -1.95. The normalized spacial score (nSPS) is 17.2. The van der Waals surface area contributed by atoms with Crippen LogP contribution in [-0.4, -0.2) is 9.97 Å². The molecule has 0 unspecified atom stereocenters. The summed E-state index contributed by atoms with van der Waals surface area (Å²) in [6, 6.07) is 1.86. The Hall–Kier alpha value is -1.12. The van der Waals surface area contributed by atoms with E-state index in [1.807, 2.05) is 6.07 Å². The number of aromatic nitrogens is 2. The topological polar surface area (TPSA) is 51.8 Å². The monoisotopic (exact) mass is 135 g/mol. The molecule has 0 bridgehead atoms. The van der Waals surface area contributed by atoms with Crippen LogP contribution in [0.25, 0.3) is 0 Å². The standard InChI is InChI=1S/C7H9N3/c8-7-3-6(5-1-2-5)9-4-10-7/h3-5H,1-2H2,(H2,8,9,10). The number of hydrogen-bond acceptors (Lipinski definition) is 3. The van der Waals surface area contributed by atoms with Gasteiger partial charge in [0.25, 0.3) is 0 Å². The first-order valence-electron chi connectivity index (χ1n) is 3.43. The molecule has 1 fully saturated rings. The van der Waals surface area contributed by atoms with Crippen LogP contribution in [-0.2, 0) is 0 Å². The fourth-order valence-electron chi connectivity index (χ4n) is 0.991. The molecule has 3 nitrogen and oxygen atoms in total. The van der Waals surface area contributed by atoms with Crippen molar-refractivity contribution in [2.75, 3.05) is 5.73 Å². The minimum Gasteiger partial charge on any atom is -0.384 e. The van der Waals surface area contributed by atoms with E-state index in [1.165, 1.54) is 19.2 Å². The number of hydrogen-bond donors (Lipinski definition) is 1. The Morgan fingerprint density at radius 2 is 2.20 bits per heavy atom. The van der Waals surface area contributed by atoms with E-state index >= 15 is 0 Å². The highest BCUT2D eigenvalue weighted by Crippen LogP contribution is 2.38. The van der Waals surface area contributed by atoms with Crippen LogP contribution in [0.3, 0.4) is 0 Å². The van der Waals surface area contributed by atoms with Crippen molar-refractivity contribution < 1.29 is 0 Å². The second-order valence-electron chi connectivity index (χ2n) is 2.64. The van der Waals surface area contributed by atoms with Gasteiger partial charge in [-0.2, -0.15) is 0 Å². The highest BCUT2D eigenvalue weighted by Gasteiger charge is 2.24. The van der Waals surface area contributed by atoms with E-state index < -0.39 is 0 Å². The molecule has 10 heavy (non-hydrogen) atoms. The summed E-state index contributed by atoms with van der Waals surface area (Å²) in [5.41, 5.74) is 6.58. The zero-order valence-corrected chi connectivity index (χ0v) is 5.62. The second kappa shape index (κ2) is 1.94. The van der Waals surface area contributed by atoms with Gasteiger partial charge in [0, 0.05) is 17.7 Å². The van der Waals surface area contributed by atoms with Crippen LogP contribution in [0.2, 0.25) is 0 Å². The minimum absolute atomic E-state index is 0.580. The Morgan fingerprint density at radius 3 is 2.80 bits per heavy atom. The Labute approximate surface area is 59.3 Å². The van der Waals surface area contributed by atoms with Crippen LogP contribution in [0.4, 0.5) is 5.82 Å². The summed E-state index contributed by atoms with van der Waals surface area (Å²) in [6.07, 6.45) is 4.05. The van der Waals surface area contributed by atoms with Crippen molar-refractivity contribution >= 4 is 5.82 Å². The average molecular weight is 135 g/mol. The zero-order chi connectivity index (χ0) is 6.97. The van der Waals surface area contributed by atoms with Gasteiger partial charge in [0.15, 0.2) is 0 Å². The lowest BCUT2D eigenvalue weighted by atomic mass is 10.3. The molecule has 1 saturated carbocycles. The summed E-state index contributed by atoms with van der Waals surface area (Å²) in [6.45, 7) is 0. The van der Waals surface area contributed by atoms with Gasteiger partial charge in [0.05, 0.1) is 0 Å². The van der Waals surface area contributed by atoms with Crippen LogP contribution in [0.1, 0.15) is 24.5 Å². The average Bonchev–Trinajstić information content (AvgIpc) is 2.68. The third-order valence-electron chi connectivity index (χ3n) is 1.71. The maximum absolute atomic E-state index is 5.47. The molecule has 2 N–H and O–H groups in total. The predicted octanol–water partition coefficient (Wildman–Crippen LogP) is 0.936. The Balaban J connectivity index is 2.32. The lowest BCUT2D eigenvalue weighted by molar-refractivity contribution is 0.992. The third kappa shape index (κ3) is 0.943. The molecule has 0 aromatic carbocycles. The van der Waals surface area contributed by atoms with E-state index in [1.54, 1.807) is 0 Å². The highest BCUT2D eigenvalue weighted by atomic mass is 14.9. The van der Waals surface area contributed by atoms with E-state index in [0.29, 0.717) is 11.7 Å². The van der Waals surface area contributed by atoms with Crippen LogP contribution in [0.15, 0.2) is 12.4 Å². The number of nitrogen functional groups attached to an aromatic ring is 1. The highest BCUT2D eigenvalue weighted by molar-refractivity contribution is 5.30. The molecule has 1 aliphatic carbocycles. The minimum atomic E-state index is 0.580. The summed E-state index contributed by atoms with van der Waals surface area (Å²) < 4.78 is 0. The van der Waals surface area contributed by atoms with Gasteiger partial charge in [-0.25, -0.2) is 9.97 Å². The summed E-state index contributed by atoms with van der Waals surface area (Å²) >= 11 is 0. The fraction of sp³-hybridized carbons (Fsp3) is 0.429. The molecule has 3 heteroatoms. The molecule has 0 amide bonds. The van der Waals surface area contributed by atoms with Crippen LogP contribution >= 0.6 is 0 Å². The second-order valence-corrected chi connectivity index (χ2v) is 2.64. The molecular formula is C7H9N3. The summed E-state index contributed by atoms with van der Waals surface area (Å²) in [7, 11) is 0. The van der Waals surface area contributed by atoms with Gasteiger partial charge >= 0.3 is 0 Å². The van der Waals surface area contributed by atoms with Crippen molar-refractivity contribution in [2.24, 2.45) is 0 Å². The number of nitrogens with zero attached hydrogens (tertiary/aromatic N) is 2. The molecule has 1 aromatic rings. The van der Waals surface area contributed by atoms with Gasteiger partial charge in [-0.15, -0.1) is 0 Å². The summed E-state index contributed by atoms with van der Waals surface area (Å²) in [5.74, 6) is 1.25. The van der Waals surface area contributed by atoms with Crippen molar-refractivity contribution in [2.45, 2.75) is 18.8 Å². The van der Waals surface area contributed by atoms with Crippen molar-refractivity contribution in [3.63, 3.8) is 0 Å². The molecule has 0 aliphatic heterocycles. The Morgan fingerprint density at radius 1 is 1.40 bits per heavy atom. The molecule has 0 spiro atoms. The number of rotatable bonds is 1. The van der Waals surface area contributed by atoms with Gasteiger partial charge in [-0.3, -0.25) is 0 Å². The van der Waals surface area contributed by atoms with Crippen LogP contribution in [0.5, 0.6) is 0 Å². The SMILES string of the molecule is Nc1cc(C2CC2)ncn1. The molecule has 1 aliphatic rings. The quantitative estimate of drug-likeness (QED) is 0.623. The Bertz CT molecular complexity index is 242. The van der Waals surface area contributed by atoms with Crippen molar-refractivity contribution in [1.29, 1.82) is 0 Å².